The number of benzene rings is 1. The third kappa shape index (κ3) is 2.94. The molecule has 20 heavy (non-hydrogen) atoms. The molecular weight excluding hydrogens is 325 g/mol. The molecule has 1 saturated carbocycles. The van der Waals surface area contributed by atoms with Gasteiger partial charge < -0.3 is 5.11 Å². The van der Waals surface area contributed by atoms with Crippen LogP contribution in [0.3, 0.4) is 0 Å². The molecular formula is C16H19ClO2Zn. The van der Waals surface area contributed by atoms with E-state index in [9.17, 15) is 9.90 Å². The number of carboxylic acid groups (broad SMARTS) is 1. The van der Waals surface area contributed by atoms with Gasteiger partial charge in [0.2, 0.25) is 0 Å². The van der Waals surface area contributed by atoms with E-state index >= 15 is 0 Å². The Morgan fingerprint density at radius 3 is 2.45 bits per heavy atom. The molecule has 0 amide bonds. The molecule has 0 aromatic heterocycles. The minimum absolute atomic E-state index is 0. The Morgan fingerprint density at radius 1 is 1.10 bits per heavy atom. The average Bonchev–Trinajstić information content (AvgIpc) is 2.81. The Bertz CT molecular complexity index is 509. The number of rotatable bonds is 2. The third-order valence-corrected chi connectivity index (χ3v) is 5.01. The molecule has 1 unspecified atom stereocenters. The first-order valence-electron chi connectivity index (χ1n) is 7.22. The standard InChI is InChI=1S/C16H19ClO2.Zn/c17-15-9-13-11(6-7-12(13)16(18)19)8-14(15)10-4-2-1-3-5-10;/h8-10,12H,1-7H2,(H,18,19);. The normalized spacial score (nSPS) is 22.1. The van der Waals surface area contributed by atoms with Crippen LogP contribution in [0, 0.1) is 0 Å². The van der Waals surface area contributed by atoms with E-state index in [0.29, 0.717) is 5.92 Å². The Labute approximate surface area is 137 Å². The number of hydrogen-bond donors (Lipinski definition) is 1. The van der Waals surface area contributed by atoms with Gasteiger partial charge in [0.15, 0.2) is 0 Å². The largest absolute Gasteiger partial charge is 0.481 e. The van der Waals surface area contributed by atoms with Gasteiger partial charge in [-0.1, -0.05) is 36.9 Å². The van der Waals surface area contributed by atoms with Crippen molar-refractivity contribution in [3.05, 3.63) is 33.8 Å². The maximum Gasteiger partial charge on any atom is 0.310 e. The molecule has 0 radical (unpaired) electrons. The summed E-state index contributed by atoms with van der Waals surface area (Å²) in [4.78, 5) is 11.2. The quantitative estimate of drug-likeness (QED) is 0.802. The molecule has 4 heteroatoms. The van der Waals surface area contributed by atoms with Crippen LogP contribution < -0.4 is 0 Å². The second-order valence-electron chi connectivity index (χ2n) is 5.84. The third-order valence-electron chi connectivity index (χ3n) is 4.68. The molecule has 0 spiro atoms. The fourth-order valence-corrected chi connectivity index (χ4v) is 3.96. The van der Waals surface area contributed by atoms with Gasteiger partial charge in [-0.15, -0.1) is 0 Å². The summed E-state index contributed by atoms with van der Waals surface area (Å²) in [6, 6.07) is 4.11. The van der Waals surface area contributed by atoms with Crippen molar-refractivity contribution in [2.75, 3.05) is 0 Å². The zero-order valence-corrected chi connectivity index (χ0v) is 15.4. The topological polar surface area (TPSA) is 37.3 Å². The summed E-state index contributed by atoms with van der Waals surface area (Å²) < 4.78 is 0. The van der Waals surface area contributed by atoms with Gasteiger partial charge >= 0.3 is 5.97 Å². The Hall–Kier alpha value is -0.397. The first kappa shape index (κ1) is 16.0. The number of aryl methyl sites for hydroxylation is 1. The Balaban J connectivity index is 0.00000147. The zero-order chi connectivity index (χ0) is 13.4. The van der Waals surface area contributed by atoms with Gasteiger partial charge in [0.05, 0.1) is 5.92 Å². The van der Waals surface area contributed by atoms with Crippen molar-refractivity contribution in [3.63, 3.8) is 0 Å². The van der Waals surface area contributed by atoms with Crippen molar-refractivity contribution in [1.29, 1.82) is 0 Å². The molecule has 3 rings (SSSR count). The van der Waals surface area contributed by atoms with Crippen molar-refractivity contribution in [3.8, 4) is 0 Å². The monoisotopic (exact) mass is 342 g/mol. The van der Waals surface area contributed by atoms with Crippen LogP contribution >= 0.6 is 11.6 Å². The summed E-state index contributed by atoms with van der Waals surface area (Å²) in [6.45, 7) is 0. The molecule has 1 N–H and O–H groups in total. The first-order chi connectivity index (χ1) is 9.16. The summed E-state index contributed by atoms with van der Waals surface area (Å²) >= 11 is 6.42. The number of halogens is 1. The number of carboxylic acids is 1. The second-order valence-corrected chi connectivity index (χ2v) is 6.24. The van der Waals surface area contributed by atoms with E-state index in [-0.39, 0.29) is 25.4 Å². The smallest absolute Gasteiger partial charge is 0.310 e. The predicted molar refractivity (Wildman–Crippen MR) is 76.0 cm³/mol. The van der Waals surface area contributed by atoms with E-state index in [0.717, 1.165) is 23.4 Å². The Morgan fingerprint density at radius 2 is 1.80 bits per heavy atom. The van der Waals surface area contributed by atoms with Crippen molar-refractivity contribution >= 4 is 17.6 Å². The minimum Gasteiger partial charge on any atom is -0.481 e. The van der Waals surface area contributed by atoms with Crippen LogP contribution in [0.25, 0.3) is 0 Å². The number of carbonyl (C=O) groups is 1. The van der Waals surface area contributed by atoms with Crippen molar-refractivity contribution in [2.45, 2.75) is 56.8 Å². The van der Waals surface area contributed by atoms with Crippen molar-refractivity contribution in [2.24, 2.45) is 0 Å². The van der Waals surface area contributed by atoms with Gasteiger partial charge in [-0.3, -0.25) is 4.79 Å². The van der Waals surface area contributed by atoms with Crippen LogP contribution in [0.1, 0.15) is 67.1 Å². The van der Waals surface area contributed by atoms with E-state index < -0.39 is 5.97 Å². The second kappa shape index (κ2) is 6.58. The van der Waals surface area contributed by atoms with Gasteiger partial charge in [-0.25, -0.2) is 0 Å². The van der Waals surface area contributed by atoms with Gasteiger partial charge in [-0.2, -0.15) is 0 Å². The minimum atomic E-state index is -0.722. The molecule has 2 aliphatic rings. The van der Waals surface area contributed by atoms with Gasteiger partial charge in [0.25, 0.3) is 0 Å². The van der Waals surface area contributed by atoms with Crippen LogP contribution in [0.5, 0.6) is 0 Å². The number of aliphatic carboxylic acids is 1. The van der Waals surface area contributed by atoms with Crippen LogP contribution in [0.2, 0.25) is 5.02 Å². The molecule has 1 fully saturated rings. The maximum atomic E-state index is 11.2. The SMILES string of the molecule is O=C(O)C1CCc2cc(C3CCCCC3)c(Cl)cc21.[Zn]. The molecule has 104 valence electrons. The van der Waals surface area contributed by atoms with Gasteiger partial charge in [-0.05, 0) is 54.4 Å². The number of fused-ring (bicyclic) bond motifs is 1. The van der Waals surface area contributed by atoms with Gasteiger partial charge in [0, 0.05) is 24.5 Å². The maximum absolute atomic E-state index is 11.2. The molecule has 2 nitrogen and oxygen atoms in total. The molecule has 1 aromatic carbocycles. The Kier molecular flexibility index (Phi) is 5.26. The van der Waals surface area contributed by atoms with E-state index in [4.69, 9.17) is 11.6 Å². The van der Waals surface area contributed by atoms with E-state index in [1.165, 1.54) is 43.2 Å². The summed E-state index contributed by atoms with van der Waals surface area (Å²) in [6.07, 6.45) is 7.95. The van der Waals surface area contributed by atoms with Gasteiger partial charge in [0.1, 0.15) is 0 Å². The fraction of sp³-hybridized carbons (Fsp3) is 0.562. The number of hydrogen-bond acceptors (Lipinski definition) is 1. The van der Waals surface area contributed by atoms with E-state index in [1.807, 2.05) is 6.07 Å². The van der Waals surface area contributed by atoms with Crippen LogP contribution in [0.15, 0.2) is 12.1 Å². The molecule has 0 saturated heterocycles. The molecule has 1 atom stereocenters. The molecule has 1 aromatic rings. The van der Waals surface area contributed by atoms with E-state index in [1.54, 1.807) is 0 Å². The summed E-state index contributed by atoms with van der Waals surface area (Å²) in [5, 5.41) is 10.0. The van der Waals surface area contributed by atoms with E-state index in [2.05, 4.69) is 6.07 Å². The summed E-state index contributed by atoms with van der Waals surface area (Å²) in [7, 11) is 0. The predicted octanol–water partition coefficient (Wildman–Crippen LogP) is 4.50. The summed E-state index contributed by atoms with van der Waals surface area (Å²) in [5.74, 6) is -0.497. The van der Waals surface area contributed by atoms with Crippen molar-refractivity contribution < 1.29 is 29.4 Å². The molecule has 0 heterocycles. The molecule has 0 aliphatic heterocycles. The van der Waals surface area contributed by atoms with Crippen LogP contribution in [-0.4, -0.2) is 11.1 Å². The molecule has 0 bridgehead atoms. The molecule has 2 aliphatic carbocycles. The van der Waals surface area contributed by atoms with Crippen LogP contribution in [0.4, 0.5) is 0 Å². The average molecular weight is 344 g/mol. The summed E-state index contributed by atoms with van der Waals surface area (Å²) in [5.41, 5.74) is 3.40. The first-order valence-corrected chi connectivity index (χ1v) is 7.59. The fourth-order valence-electron chi connectivity index (χ4n) is 3.63. The van der Waals surface area contributed by atoms with Crippen molar-refractivity contribution in [1.82, 2.24) is 0 Å². The zero-order valence-electron chi connectivity index (χ0n) is 11.7. The van der Waals surface area contributed by atoms with Crippen LogP contribution in [-0.2, 0) is 30.7 Å².